The molecule has 0 aliphatic carbocycles. The summed E-state index contributed by atoms with van der Waals surface area (Å²) in [6, 6.07) is 8.65. The van der Waals surface area contributed by atoms with Crippen LogP contribution in [-0.2, 0) is 0 Å². The largest absolute Gasteiger partial charge is 0.497 e. The van der Waals surface area contributed by atoms with E-state index in [-0.39, 0.29) is 0 Å². The van der Waals surface area contributed by atoms with Crippen LogP contribution in [0.25, 0.3) is 0 Å². The second-order valence-electron chi connectivity index (χ2n) is 4.07. The first-order chi connectivity index (χ1) is 7.97. The molecule has 2 nitrogen and oxygen atoms in total. The van der Waals surface area contributed by atoms with Crippen LogP contribution in [0, 0.1) is 6.92 Å². The Bertz CT molecular complexity index is 246. The third-order valence-corrected chi connectivity index (χ3v) is 2.29. The van der Waals surface area contributed by atoms with Gasteiger partial charge >= 0.3 is 0 Å². The molecule has 0 amide bonds. The third-order valence-electron chi connectivity index (χ3n) is 2.29. The van der Waals surface area contributed by atoms with Crippen LogP contribution in [0.4, 0.5) is 0 Å². The van der Waals surface area contributed by atoms with Crippen molar-refractivity contribution >= 4 is 0 Å². The summed E-state index contributed by atoms with van der Waals surface area (Å²) >= 11 is 0. The van der Waals surface area contributed by atoms with Gasteiger partial charge < -0.3 is 9.64 Å². The molecule has 0 spiro atoms. The molecule has 0 aromatic heterocycles. The second-order valence-corrected chi connectivity index (χ2v) is 4.07. The van der Waals surface area contributed by atoms with E-state index in [1.54, 1.807) is 7.11 Å². The van der Waals surface area contributed by atoms with Crippen LogP contribution >= 0.6 is 0 Å². The Morgan fingerprint density at radius 2 is 1.35 bits per heavy atom. The minimum absolute atomic E-state index is 0.685. The van der Waals surface area contributed by atoms with Gasteiger partial charge in [0, 0.05) is 6.04 Å². The van der Waals surface area contributed by atoms with Gasteiger partial charge in [-0.2, -0.15) is 0 Å². The lowest BCUT2D eigenvalue weighted by Gasteiger charge is -2.12. The van der Waals surface area contributed by atoms with Crippen LogP contribution in [0.1, 0.15) is 33.3 Å². The minimum atomic E-state index is 0.685. The van der Waals surface area contributed by atoms with E-state index in [9.17, 15) is 0 Å². The highest BCUT2D eigenvalue weighted by Gasteiger charge is 1.90. The highest BCUT2D eigenvalue weighted by molar-refractivity contribution is 5.25. The Balaban J connectivity index is 0. The van der Waals surface area contributed by atoms with Gasteiger partial charge in [0.2, 0.25) is 0 Å². The molecule has 0 unspecified atom stereocenters. The van der Waals surface area contributed by atoms with Crippen LogP contribution in [0.2, 0.25) is 0 Å². The molecule has 0 atom stereocenters. The van der Waals surface area contributed by atoms with Crippen LogP contribution in [-0.4, -0.2) is 32.1 Å². The molecule has 2 heteroatoms. The first-order valence-corrected chi connectivity index (χ1v) is 6.24. The maximum absolute atomic E-state index is 4.97. The second kappa shape index (κ2) is 11.5. The number of aryl methyl sites for hydroxylation is 1. The molecule has 0 saturated carbocycles. The summed E-state index contributed by atoms with van der Waals surface area (Å²) in [5, 5.41) is 0. The van der Waals surface area contributed by atoms with Gasteiger partial charge in [-0.15, -0.1) is 0 Å². The van der Waals surface area contributed by atoms with Gasteiger partial charge in [0.15, 0.2) is 0 Å². The Labute approximate surface area is 108 Å². The van der Waals surface area contributed by atoms with Gasteiger partial charge in [-0.3, -0.25) is 0 Å². The number of hydrogen-bond donors (Lipinski definition) is 0. The van der Waals surface area contributed by atoms with Crippen molar-refractivity contribution < 1.29 is 4.74 Å². The number of rotatable bonds is 2. The molecule has 1 aromatic carbocycles. The van der Waals surface area contributed by atoms with Crippen LogP contribution in [0.5, 0.6) is 5.75 Å². The molecule has 0 aliphatic rings. The smallest absolute Gasteiger partial charge is 0.118 e. The zero-order chi connectivity index (χ0) is 13.8. The molecule has 0 N–H and O–H groups in total. The first-order valence-electron chi connectivity index (χ1n) is 6.24. The zero-order valence-electron chi connectivity index (χ0n) is 12.7. The lowest BCUT2D eigenvalue weighted by atomic mass is 10.2. The topological polar surface area (TPSA) is 12.5 Å². The number of benzene rings is 1. The van der Waals surface area contributed by atoms with Gasteiger partial charge in [-0.05, 0) is 47.0 Å². The summed E-state index contributed by atoms with van der Waals surface area (Å²) in [4.78, 5) is 2.17. The molecule has 0 heterocycles. The minimum Gasteiger partial charge on any atom is -0.497 e. The van der Waals surface area contributed by atoms with Crippen molar-refractivity contribution in [2.45, 2.75) is 40.7 Å². The number of nitrogens with zero attached hydrogens (tertiary/aromatic N) is 1. The predicted molar refractivity (Wildman–Crippen MR) is 77.9 cm³/mol. The number of hydrogen-bond acceptors (Lipinski definition) is 2. The lowest BCUT2D eigenvalue weighted by molar-refractivity contribution is 0.335. The average molecular weight is 239 g/mol. The van der Waals surface area contributed by atoms with Gasteiger partial charge in [-0.25, -0.2) is 0 Å². The fourth-order valence-corrected chi connectivity index (χ4v) is 0.674. The van der Waals surface area contributed by atoms with Gasteiger partial charge in [-0.1, -0.05) is 31.5 Å². The van der Waals surface area contributed by atoms with E-state index < -0.39 is 0 Å². The first kappa shape index (κ1) is 18.3. The molecular formula is C15H29NO. The van der Waals surface area contributed by atoms with Crippen LogP contribution in [0.3, 0.4) is 0 Å². The van der Waals surface area contributed by atoms with Gasteiger partial charge in [0.1, 0.15) is 5.75 Å². The maximum atomic E-state index is 4.97. The van der Waals surface area contributed by atoms with Crippen LogP contribution in [0.15, 0.2) is 24.3 Å². The summed E-state index contributed by atoms with van der Waals surface area (Å²) in [5.41, 5.74) is 1.26. The van der Waals surface area contributed by atoms with Crippen molar-refractivity contribution in [3.05, 3.63) is 29.8 Å². The average Bonchev–Trinajstić information content (AvgIpc) is 2.33. The molecule has 0 radical (unpaired) electrons. The Kier molecular flexibility index (Phi) is 12.4. The SMILES string of the molecule is CC.CC(C)N(C)C.COc1ccc(C)cc1. The summed E-state index contributed by atoms with van der Waals surface area (Å²) in [6.07, 6.45) is 0. The predicted octanol–water partition coefficient (Wildman–Crippen LogP) is 3.99. The van der Waals surface area contributed by atoms with E-state index in [0.29, 0.717) is 6.04 Å². The summed E-state index contributed by atoms with van der Waals surface area (Å²) < 4.78 is 4.97. The Morgan fingerprint density at radius 1 is 1.00 bits per heavy atom. The highest BCUT2D eigenvalue weighted by atomic mass is 16.5. The number of methoxy groups -OCH3 is 1. The molecule has 0 bridgehead atoms. The molecule has 0 saturated heterocycles. The maximum Gasteiger partial charge on any atom is 0.118 e. The molecule has 0 aliphatic heterocycles. The fourth-order valence-electron chi connectivity index (χ4n) is 0.674. The van der Waals surface area contributed by atoms with Crippen molar-refractivity contribution in [2.24, 2.45) is 0 Å². The highest BCUT2D eigenvalue weighted by Crippen LogP contribution is 2.09. The van der Waals surface area contributed by atoms with E-state index in [1.165, 1.54) is 5.56 Å². The normalized spacial score (nSPS) is 9.06. The van der Waals surface area contributed by atoms with Crippen molar-refractivity contribution in [2.75, 3.05) is 21.2 Å². The zero-order valence-corrected chi connectivity index (χ0v) is 12.7. The number of ether oxygens (including phenoxy) is 1. The summed E-state index contributed by atoms with van der Waals surface area (Å²) in [6.45, 7) is 10.4. The Morgan fingerprint density at radius 3 is 1.59 bits per heavy atom. The van der Waals surface area contributed by atoms with Gasteiger partial charge in [0.25, 0.3) is 0 Å². The Hall–Kier alpha value is -1.02. The molecule has 100 valence electrons. The van der Waals surface area contributed by atoms with E-state index in [1.807, 2.05) is 38.1 Å². The van der Waals surface area contributed by atoms with Crippen molar-refractivity contribution in [1.29, 1.82) is 0 Å². The standard InChI is InChI=1S/C8H10O.C5H13N.C2H6/c1-7-3-5-8(9-2)6-4-7;1-5(2)6(3)4;1-2/h3-6H,1-2H3;5H,1-4H3;1-2H3. The summed E-state index contributed by atoms with van der Waals surface area (Å²) in [5.74, 6) is 0.917. The molecular weight excluding hydrogens is 210 g/mol. The fraction of sp³-hybridized carbons (Fsp3) is 0.600. The molecule has 0 fully saturated rings. The monoisotopic (exact) mass is 239 g/mol. The van der Waals surface area contributed by atoms with E-state index in [4.69, 9.17) is 4.74 Å². The summed E-state index contributed by atoms with van der Waals surface area (Å²) in [7, 11) is 5.82. The molecule has 17 heavy (non-hydrogen) atoms. The quantitative estimate of drug-likeness (QED) is 0.774. The van der Waals surface area contributed by atoms with E-state index >= 15 is 0 Å². The third kappa shape index (κ3) is 11.2. The lowest BCUT2D eigenvalue weighted by Crippen LogP contribution is -2.20. The van der Waals surface area contributed by atoms with E-state index in [2.05, 4.69) is 39.8 Å². The van der Waals surface area contributed by atoms with Gasteiger partial charge in [0.05, 0.1) is 7.11 Å². The molecule has 1 rings (SSSR count). The van der Waals surface area contributed by atoms with Crippen molar-refractivity contribution in [1.82, 2.24) is 4.90 Å². The molecule has 1 aromatic rings. The van der Waals surface area contributed by atoms with Crippen molar-refractivity contribution in [3.8, 4) is 5.75 Å². The van der Waals surface area contributed by atoms with E-state index in [0.717, 1.165) is 5.75 Å². The van der Waals surface area contributed by atoms with Crippen LogP contribution < -0.4 is 4.74 Å². The van der Waals surface area contributed by atoms with Crippen molar-refractivity contribution in [3.63, 3.8) is 0 Å².